The summed E-state index contributed by atoms with van der Waals surface area (Å²) in [5.41, 5.74) is 2.64. The number of carbonyl (C=O) groups is 4. The molecule has 3 aromatic rings. The van der Waals surface area contributed by atoms with Gasteiger partial charge in [0.25, 0.3) is 11.8 Å². The van der Waals surface area contributed by atoms with E-state index in [4.69, 9.17) is 28.3 Å². The van der Waals surface area contributed by atoms with Crippen LogP contribution in [0, 0.1) is 47.3 Å². The molecule has 0 spiro atoms. The van der Waals surface area contributed by atoms with Gasteiger partial charge >= 0.3 is 0 Å². The Morgan fingerprint density at radius 1 is 0.733 bits per heavy atom. The summed E-state index contributed by atoms with van der Waals surface area (Å²) in [4.78, 5) is 58.1. The molecule has 2 saturated carbocycles. The van der Waals surface area contributed by atoms with Gasteiger partial charge in [-0.25, -0.2) is 4.90 Å². The van der Waals surface area contributed by atoms with Gasteiger partial charge < -0.3 is 0 Å². The Bertz CT molecular complexity index is 1920. The van der Waals surface area contributed by atoms with Gasteiger partial charge in [0.05, 0.1) is 39.8 Å². The number of hydrogen-bond donors (Lipinski definition) is 0. The fourth-order valence-electron chi connectivity index (χ4n) is 10.2. The number of halogens is 2. The van der Waals surface area contributed by atoms with E-state index in [1.807, 2.05) is 48.5 Å². The summed E-state index contributed by atoms with van der Waals surface area (Å²) >= 11 is 12.7. The molecule has 222 valence electrons. The summed E-state index contributed by atoms with van der Waals surface area (Å²) in [6.45, 7) is 0. The minimum Gasteiger partial charge on any atom is -0.274 e. The second kappa shape index (κ2) is 8.59. The Balaban J connectivity index is 1.16. The normalized spacial score (nSPS) is 37.7. The molecule has 2 saturated heterocycles. The largest absolute Gasteiger partial charge is 0.274 e. The molecule has 4 bridgehead atoms. The highest BCUT2D eigenvalue weighted by Crippen LogP contribution is 2.66. The maximum absolute atomic E-state index is 14.7. The molecule has 7 aliphatic carbocycles. The standard InChI is InChI=1S/C36H25Cl2N3O4/c37-16-9-12-26(25(38)13-16)40-32(42)30-27-19-5-1-3-7-23(19)36(31(30)35(40)45,24-8-4-2-6-20(24)27)15-39-41-33(43)28-17-10-11-18(22-14-21(17)22)29(28)34(41)44/h1-13,15,17-18,21-22,27-31H,14H2/b39-15-/t17-,18-,21-,22+,27?,28-,29+,30-,31-,36?/m0/s1. The quantitative estimate of drug-likeness (QED) is 0.214. The minimum atomic E-state index is -1.21. The van der Waals surface area contributed by atoms with E-state index in [1.165, 1.54) is 11.0 Å². The van der Waals surface area contributed by atoms with Crippen molar-refractivity contribution >= 4 is 58.7 Å². The Labute approximate surface area is 268 Å². The van der Waals surface area contributed by atoms with Gasteiger partial charge in [-0.3, -0.25) is 19.2 Å². The lowest BCUT2D eigenvalue weighted by atomic mass is 9.47. The Kier molecular flexibility index (Phi) is 5.00. The van der Waals surface area contributed by atoms with Gasteiger partial charge in [-0.15, -0.1) is 0 Å². The van der Waals surface area contributed by atoms with Gasteiger partial charge in [-0.2, -0.15) is 10.1 Å². The third kappa shape index (κ3) is 3.02. The molecule has 0 radical (unpaired) electrons. The lowest BCUT2D eigenvalue weighted by Crippen LogP contribution is -2.55. The van der Waals surface area contributed by atoms with E-state index < -0.39 is 35.0 Å². The minimum absolute atomic E-state index is 0.0717. The van der Waals surface area contributed by atoms with Crippen molar-refractivity contribution in [3.63, 3.8) is 0 Å². The van der Waals surface area contributed by atoms with Gasteiger partial charge in [0.1, 0.15) is 0 Å². The first kappa shape index (κ1) is 26.2. The third-order valence-electron chi connectivity index (χ3n) is 11.9. The molecule has 9 heteroatoms. The van der Waals surface area contributed by atoms with E-state index in [2.05, 4.69) is 12.2 Å². The number of imide groups is 2. The van der Waals surface area contributed by atoms with Crippen LogP contribution >= 0.6 is 23.2 Å². The van der Waals surface area contributed by atoms with Crippen LogP contribution < -0.4 is 4.90 Å². The average Bonchev–Trinajstić information content (AvgIpc) is 3.78. The fourth-order valence-corrected chi connectivity index (χ4v) is 10.6. The topological polar surface area (TPSA) is 87.1 Å². The van der Waals surface area contributed by atoms with Crippen molar-refractivity contribution in [2.45, 2.75) is 17.8 Å². The average molecular weight is 635 g/mol. The number of allylic oxidation sites excluding steroid dienone is 2. The molecule has 45 heavy (non-hydrogen) atoms. The van der Waals surface area contributed by atoms with Crippen LogP contribution in [0.5, 0.6) is 0 Å². The lowest BCUT2D eigenvalue weighted by molar-refractivity contribution is -0.140. The van der Waals surface area contributed by atoms with Crippen LogP contribution in [-0.4, -0.2) is 34.9 Å². The van der Waals surface area contributed by atoms with E-state index in [1.54, 1.807) is 18.3 Å². The van der Waals surface area contributed by atoms with Gasteiger partial charge in [0.2, 0.25) is 11.8 Å². The van der Waals surface area contributed by atoms with Gasteiger partial charge in [-0.05, 0) is 70.5 Å². The van der Waals surface area contributed by atoms with E-state index >= 15 is 0 Å². The van der Waals surface area contributed by atoms with Crippen LogP contribution in [0.2, 0.25) is 10.0 Å². The summed E-state index contributed by atoms with van der Waals surface area (Å²) in [6.07, 6.45) is 6.97. The first-order valence-corrected chi connectivity index (χ1v) is 16.2. The SMILES string of the molecule is O=C1[C@@H]2[C@H]3C=C[C@@H]([C@@H]4C[C@H]34)[C@@H]2C(=O)N1/N=C\C12c3ccccc3C(c3ccccc31)[C@@H]1C(=O)N(c3ccc(Cl)cc3Cl)C(=O)[C@H]12. The molecule has 7 nitrogen and oxygen atoms in total. The van der Waals surface area contributed by atoms with E-state index in [9.17, 15) is 19.2 Å². The van der Waals surface area contributed by atoms with Crippen LogP contribution in [0.4, 0.5) is 5.69 Å². The summed E-state index contributed by atoms with van der Waals surface area (Å²) < 4.78 is 0. The first-order chi connectivity index (χ1) is 21.8. The molecule has 4 fully saturated rings. The summed E-state index contributed by atoms with van der Waals surface area (Å²) in [5.74, 6) is -2.94. The monoisotopic (exact) mass is 633 g/mol. The predicted octanol–water partition coefficient (Wildman–Crippen LogP) is 5.58. The van der Waals surface area contributed by atoms with Crippen molar-refractivity contribution in [3.8, 4) is 0 Å². The van der Waals surface area contributed by atoms with Gasteiger partial charge in [0.15, 0.2) is 0 Å². The Morgan fingerprint density at radius 3 is 1.93 bits per heavy atom. The Morgan fingerprint density at radius 2 is 1.33 bits per heavy atom. The smallest absolute Gasteiger partial charge is 0.254 e. The third-order valence-corrected chi connectivity index (χ3v) is 12.4. The number of hydrogen-bond acceptors (Lipinski definition) is 5. The number of nitrogens with zero attached hydrogens (tertiary/aromatic N) is 3. The van der Waals surface area contributed by atoms with Crippen LogP contribution in [0.3, 0.4) is 0 Å². The number of amides is 4. The van der Waals surface area contributed by atoms with Crippen molar-refractivity contribution in [2.24, 2.45) is 52.4 Å². The Hall–Kier alpha value is -4.07. The summed E-state index contributed by atoms with van der Waals surface area (Å²) in [5, 5.41) is 6.40. The zero-order chi connectivity index (χ0) is 30.5. The van der Waals surface area contributed by atoms with Crippen molar-refractivity contribution in [2.75, 3.05) is 4.90 Å². The van der Waals surface area contributed by atoms with Crippen molar-refractivity contribution in [3.05, 3.63) is 111 Å². The van der Waals surface area contributed by atoms with Crippen molar-refractivity contribution < 1.29 is 19.2 Å². The zero-order valence-corrected chi connectivity index (χ0v) is 25.2. The molecule has 12 rings (SSSR count). The predicted molar refractivity (Wildman–Crippen MR) is 166 cm³/mol. The number of anilines is 1. The van der Waals surface area contributed by atoms with Gasteiger partial charge in [0, 0.05) is 17.2 Å². The van der Waals surface area contributed by atoms with Crippen LogP contribution in [-0.2, 0) is 24.6 Å². The summed E-state index contributed by atoms with van der Waals surface area (Å²) in [7, 11) is 0. The molecule has 2 heterocycles. The second-order valence-electron chi connectivity index (χ2n) is 13.5. The van der Waals surface area contributed by atoms with E-state index in [0.29, 0.717) is 16.9 Å². The highest BCUT2D eigenvalue weighted by molar-refractivity contribution is 6.38. The van der Waals surface area contributed by atoms with Gasteiger partial charge in [-0.1, -0.05) is 83.9 Å². The molecule has 0 N–H and O–H groups in total. The number of rotatable bonds is 3. The maximum atomic E-state index is 14.7. The number of hydrazone groups is 1. The van der Waals surface area contributed by atoms with Crippen LogP contribution in [0.15, 0.2) is 84.0 Å². The molecular formula is C36H25Cl2N3O4. The van der Waals surface area contributed by atoms with Crippen molar-refractivity contribution in [1.29, 1.82) is 0 Å². The molecular weight excluding hydrogens is 609 g/mol. The maximum Gasteiger partial charge on any atom is 0.254 e. The van der Waals surface area contributed by atoms with E-state index in [-0.39, 0.29) is 46.2 Å². The van der Waals surface area contributed by atoms with Crippen LogP contribution in [0.25, 0.3) is 0 Å². The molecule has 0 aromatic heterocycles. The second-order valence-corrected chi connectivity index (χ2v) is 14.4. The molecule has 3 aromatic carbocycles. The molecule has 8 atom stereocenters. The fraction of sp³-hybridized carbons (Fsp3) is 0.306. The van der Waals surface area contributed by atoms with E-state index in [0.717, 1.165) is 33.7 Å². The number of carbonyl (C=O) groups excluding carboxylic acids is 4. The van der Waals surface area contributed by atoms with Crippen LogP contribution in [0.1, 0.15) is 34.6 Å². The highest BCUT2D eigenvalue weighted by atomic mass is 35.5. The van der Waals surface area contributed by atoms with Crippen molar-refractivity contribution in [1.82, 2.24) is 5.01 Å². The zero-order valence-electron chi connectivity index (χ0n) is 23.7. The molecule has 2 aliphatic heterocycles. The molecule has 9 aliphatic rings. The summed E-state index contributed by atoms with van der Waals surface area (Å²) in [6, 6.07) is 20.4. The molecule has 4 amide bonds. The lowest BCUT2D eigenvalue weighted by Gasteiger charge is -2.52. The number of benzene rings is 3. The first-order valence-electron chi connectivity index (χ1n) is 15.5. The highest BCUT2D eigenvalue weighted by Gasteiger charge is 2.70. The molecule has 0 unspecified atom stereocenters.